The van der Waals surface area contributed by atoms with Crippen LogP contribution in [0.2, 0.25) is 0 Å². The van der Waals surface area contributed by atoms with Crippen molar-refractivity contribution in [3.63, 3.8) is 0 Å². The second-order valence-electron chi connectivity index (χ2n) is 3.55. The van der Waals surface area contributed by atoms with Gasteiger partial charge in [-0.1, -0.05) is 15.9 Å². The maximum Gasteiger partial charge on any atom is 0.163 e. The molecular weight excluding hydrogens is 270 g/mol. The lowest BCUT2D eigenvalue weighted by Gasteiger charge is -2.13. The lowest BCUT2D eigenvalue weighted by Crippen LogP contribution is -2.01. The Balaban J connectivity index is 2.91. The predicted octanol–water partition coefficient (Wildman–Crippen LogP) is 2.75. The summed E-state index contributed by atoms with van der Waals surface area (Å²) in [7, 11) is 3.31. The summed E-state index contributed by atoms with van der Waals surface area (Å²) in [5, 5.41) is 0. The Kier molecular flexibility index (Phi) is 5.63. The van der Waals surface area contributed by atoms with Gasteiger partial charge in [0, 0.05) is 4.47 Å². The number of aryl methyl sites for hydroxylation is 1. The van der Waals surface area contributed by atoms with Crippen LogP contribution in [0.5, 0.6) is 11.5 Å². The van der Waals surface area contributed by atoms with Crippen molar-refractivity contribution in [2.24, 2.45) is 5.73 Å². The topological polar surface area (TPSA) is 44.5 Å². The van der Waals surface area contributed by atoms with Crippen LogP contribution in [-0.4, -0.2) is 20.8 Å². The second-order valence-corrected chi connectivity index (χ2v) is 4.46. The van der Waals surface area contributed by atoms with Gasteiger partial charge in [-0.3, -0.25) is 0 Å². The van der Waals surface area contributed by atoms with Gasteiger partial charge in [-0.2, -0.15) is 0 Å². The molecule has 0 atom stereocenters. The summed E-state index contributed by atoms with van der Waals surface area (Å²) in [6.45, 7) is 0.730. The van der Waals surface area contributed by atoms with E-state index >= 15 is 0 Å². The van der Waals surface area contributed by atoms with Crippen molar-refractivity contribution in [1.29, 1.82) is 0 Å². The molecule has 2 N–H and O–H groups in total. The highest BCUT2D eigenvalue weighted by Gasteiger charge is 2.11. The van der Waals surface area contributed by atoms with E-state index in [-0.39, 0.29) is 0 Å². The molecule has 0 aliphatic carbocycles. The number of hydrogen-bond acceptors (Lipinski definition) is 3. The van der Waals surface area contributed by atoms with Crippen LogP contribution in [0.25, 0.3) is 0 Å². The van der Waals surface area contributed by atoms with E-state index in [0.29, 0.717) is 0 Å². The second kappa shape index (κ2) is 6.76. The van der Waals surface area contributed by atoms with Gasteiger partial charge in [0.25, 0.3) is 0 Å². The number of halogens is 1. The lowest BCUT2D eigenvalue weighted by molar-refractivity contribution is 0.351. The van der Waals surface area contributed by atoms with E-state index in [9.17, 15) is 0 Å². The summed E-state index contributed by atoms with van der Waals surface area (Å²) in [4.78, 5) is 0. The van der Waals surface area contributed by atoms with Gasteiger partial charge < -0.3 is 15.2 Å². The van der Waals surface area contributed by atoms with Gasteiger partial charge in [0.1, 0.15) is 0 Å². The van der Waals surface area contributed by atoms with Gasteiger partial charge in [-0.25, -0.2) is 0 Å². The monoisotopic (exact) mass is 287 g/mol. The van der Waals surface area contributed by atoms with E-state index < -0.39 is 0 Å². The average Bonchev–Trinajstić information content (AvgIpc) is 2.28. The third-order valence-corrected chi connectivity index (χ3v) is 2.88. The first-order valence-electron chi connectivity index (χ1n) is 5.33. The molecule has 1 aromatic rings. The molecule has 0 amide bonds. The summed E-state index contributed by atoms with van der Waals surface area (Å²) < 4.78 is 11.7. The van der Waals surface area contributed by atoms with E-state index in [0.717, 1.165) is 47.3 Å². The van der Waals surface area contributed by atoms with Crippen molar-refractivity contribution < 1.29 is 9.47 Å². The highest BCUT2D eigenvalue weighted by molar-refractivity contribution is 9.10. The number of nitrogens with two attached hydrogens (primary N) is 1. The van der Waals surface area contributed by atoms with Crippen LogP contribution in [0.1, 0.15) is 18.4 Å². The first-order valence-corrected chi connectivity index (χ1v) is 6.12. The summed E-state index contributed by atoms with van der Waals surface area (Å²) in [6, 6.07) is 3.98. The Hall–Kier alpha value is -0.740. The first kappa shape index (κ1) is 13.3. The number of ether oxygens (including phenoxy) is 2. The van der Waals surface area contributed by atoms with Gasteiger partial charge in [-0.05, 0) is 43.5 Å². The van der Waals surface area contributed by atoms with Crippen LogP contribution >= 0.6 is 15.9 Å². The number of hydrogen-bond donors (Lipinski definition) is 1. The average molecular weight is 288 g/mol. The molecule has 0 radical (unpaired) electrons. The Bertz CT molecular complexity index is 342. The SMILES string of the molecule is COc1cc(Br)cc(CCCCN)c1OC. The molecule has 0 unspecified atom stereocenters. The normalized spacial score (nSPS) is 10.2. The van der Waals surface area contributed by atoms with Gasteiger partial charge in [0.2, 0.25) is 0 Å². The highest BCUT2D eigenvalue weighted by Crippen LogP contribution is 2.35. The molecule has 3 nitrogen and oxygen atoms in total. The molecule has 0 spiro atoms. The van der Waals surface area contributed by atoms with Crippen molar-refractivity contribution in [2.75, 3.05) is 20.8 Å². The molecule has 0 aliphatic rings. The largest absolute Gasteiger partial charge is 0.493 e. The zero-order chi connectivity index (χ0) is 12.0. The quantitative estimate of drug-likeness (QED) is 0.819. The molecule has 0 heterocycles. The van der Waals surface area contributed by atoms with E-state index in [1.54, 1.807) is 14.2 Å². The number of benzene rings is 1. The standard InChI is InChI=1S/C12H18BrNO2/c1-15-11-8-10(13)7-9(12(11)16-2)5-3-4-6-14/h7-8H,3-6,14H2,1-2H3. The first-order chi connectivity index (χ1) is 7.72. The van der Waals surface area contributed by atoms with E-state index in [4.69, 9.17) is 15.2 Å². The number of rotatable bonds is 6. The predicted molar refractivity (Wildman–Crippen MR) is 69.2 cm³/mol. The van der Waals surface area contributed by atoms with Crippen molar-refractivity contribution in [3.05, 3.63) is 22.2 Å². The Morgan fingerprint density at radius 3 is 2.50 bits per heavy atom. The molecule has 16 heavy (non-hydrogen) atoms. The van der Waals surface area contributed by atoms with E-state index in [2.05, 4.69) is 22.0 Å². The van der Waals surface area contributed by atoms with Crippen LogP contribution in [0.4, 0.5) is 0 Å². The molecule has 1 aromatic carbocycles. The van der Waals surface area contributed by atoms with Crippen LogP contribution in [0.15, 0.2) is 16.6 Å². The molecule has 0 saturated carbocycles. The maximum absolute atomic E-state index is 5.48. The minimum Gasteiger partial charge on any atom is -0.493 e. The third kappa shape index (κ3) is 3.39. The van der Waals surface area contributed by atoms with Crippen molar-refractivity contribution in [2.45, 2.75) is 19.3 Å². The summed E-state index contributed by atoms with van der Waals surface area (Å²) in [5.41, 5.74) is 6.64. The molecule has 1 rings (SSSR count). The van der Waals surface area contributed by atoms with Crippen molar-refractivity contribution >= 4 is 15.9 Å². The zero-order valence-electron chi connectivity index (χ0n) is 9.75. The van der Waals surface area contributed by atoms with Crippen LogP contribution < -0.4 is 15.2 Å². The lowest BCUT2D eigenvalue weighted by atomic mass is 10.1. The van der Waals surface area contributed by atoms with Gasteiger partial charge in [-0.15, -0.1) is 0 Å². The summed E-state index contributed by atoms with van der Waals surface area (Å²) in [5.74, 6) is 1.59. The van der Waals surface area contributed by atoms with E-state index in [1.807, 2.05) is 6.07 Å². The maximum atomic E-state index is 5.48. The fourth-order valence-corrected chi connectivity index (χ4v) is 2.14. The fourth-order valence-electron chi connectivity index (χ4n) is 1.65. The van der Waals surface area contributed by atoms with Crippen molar-refractivity contribution in [3.8, 4) is 11.5 Å². The molecule has 0 aliphatic heterocycles. The van der Waals surface area contributed by atoms with Gasteiger partial charge in [0.05, 0.1) is 14.2 Å². The third-order valence-electron chi connectivity index (χ3n) is 2.42. The summed E-state index contributed by atoms with van der Waals surface area (Å²) in [6.07, 6.45) is 3.04. The van der Waals surface area contributed by atoms with Gasteiger partial charge in [0.15, 0.2) is 11.5 Å². The molecule has 4 heteroatoms. The zero-order valence-corrected chi connectivity index (χ0v) is 11.3. The Morgan fingerprint density at radius 2 is 1.94 bits per heavy atom. The van der Waals surface area contributed by atoms with E-state index in [1.165, 1.54) is 0 Å². The van der Waals surface area contributed by atoms with Gasteiger partial charge >= 0.3 is 0 Å². The smallest absolute Gasteiger partial charge is 0.163 e. The Morgan fingerprint density at radius 1 is 1.19 bits per heavy atom. The molecule has 0 bridgehead atoms. The molecule has 90 valence electrons. The summed E-state index contributed by atoms with van der Waals surface area (Å²) >= 11 is 3.47. The number of methoxy groups -OCH3 is 2. The van der Waals surface area contributed by atoms with Crippen LogP contribution in [-0.2, 0) is 6.42 Å². The number of unbranched alkanes of at least 4 members (excludes halogenated alkanes) is 1. The molecule has 0 aromatic heterocycles. The molecule has 0 fully saturated rings. The Labute approximate surface area is 105 Å². The molecule has 0 saturated heterocycles. The fraction of sp³-hybridized carbons (Fsp3) is 0.500. The highest BCUT2D eigenvalue weighted by atomic mass is 79.9. The van der Waals surface area contributed by atoms with Crippen LogP contribution in [0, 0.1) is 0 Å². The minimum absolute atomic E-state index is 0.730. The van der Waals surface area contributed by atoms with Crippen molar-refractivity contribution in [1.82, 2.24) is 0 Å². The van der Waals surface area contributed by atoms with Crippen LogP contribution in [0.3, 0.4) is 0 Å². The minimum atomic E-state index is 0.730. The molecular formula is C12H18BrNO2.